The van der Waals surface area contributed by atoms with Crippen molar-refractivity contribution in [3.8, 4) is 5.75 Å². The minimum Gasteiger partial charge on any atom is -0.492 e. The molecule has 2 rings (SSSR count). The first-order valence-corrected chi connectivity index (χ1v) is 7.52. The molecular weight excluding hydrogens is 300 g/mol. The van der Waals surface area contributed by atoms with Crippen LogP contribution in [0.5, 0.6) is 5.75 Å². The van der Waals surface area contributed by atoms with Gasteiger partial charge < -0.3 is 15.4 Å². The molecule has 116 valence electrons. The Morgan fingerprint density at radius 3 is 2.55 bits per heavy atom. The molecule has 0 fully saturated rings. The largest absolute Gasteiger partial charge is 0.492 e. The summed E-state index contributed by atoms with van der Waals surface area (Å²) in [5.41, 5.74) is 1.50. The Kier molecular flexibility index (Phi) is 5.67. The van der Waals surface area contributed by atoms with Gasteiger partial charge in [0.05, 0.1) is 12.3 Å². The maximum Gasteiger partial charge on any atom is 0.246 e. The number of hydrogen-bond donors (Lipinski definition) is 2. The standard InChI is InChI=1S/C17H19ClN2O2/c1-3-22-16-7-5-4-6-15(16)20-17(21)12(2)19-14-10-8-13(18)9-11-14/h4-12,19H,3H2,1-2H3,(H,20,21). The minimum atomic E-state index is -0.393. The fraction of sp³-hybridized carbons (Fsp3) is 0.235. The smallest absolute Gasteiger partial charge is 0.246 e. The maximum absolute atomic E-state index is 12.3. The number of ether oxygens (including phenoxy) is 1. The normalized spacial score (nSPS) is 11.6. The Labute approximate surface area is 135 Å². The highest BCUT2D eigenvalue weighted by Crippen LogP contribution is 2.24. The van der Waals surface area contributed by atoms with Gasteiger partial charge in [-0.05, 0) is 50.2 Å². The summed E-state index contributed by atoms with van der Waals surface area (Å²) in [6.07, 6.45) is 0. The molecule has 0 aliphatic rings. The van der Waals surface area contributed by atoms with E-state index in [0.29, 0.717) is 23.1 Å². The van der Waals surface area contributed by atoms with Gasteiger partial charge in [-0.15, -0.1) is 0 Å². The second-order valence-electron chi connectivity index (χ2n) is 4.79. The lowest BCUT2D eigenvalue weighted by molar-refractivity contribution is -0.116. The monoisotopic (exact) mass is 318 g/mol. The molecule has 22 heavy (non-hydrogen) atoms. The fourth-order valence-electron chi connectivity index (χ4n) is 1.95. The van der Waals surface area contributed by atoms with Crippen LogP contribution < -0.4 is 15.4 Å². The second kappa shape index (κ2) is 7.71. The van der Waals surface area contributed by atoms with Gasteiger partial charge in [0.1, 0.15) is 11.8 Å². The van der Waals surface area contributed by atoms with Crippen LogP contribution in [0.3, 0.4) is 0 Å². The van der Waals surface area contributed by atoms with E-state index in [2.05, 4.69) is 10.6 Å². The molecule has 1 amide bonds. The molecule has 1 unspecified atom stereocenters. The van der Waals surface area contributed by atoms with Crippen LogP contribution in [0, 0.1) is 0 Å². The number of para-hydroxylation sites is 2. The lowest BCUT2D eigenvalue weighted by atomic mass is 10.2. The molecule has 0 aromatic heterocycles. The quantitative estimate of drug-likeness (QED) is 0.840. The van der Waals surface area contributed by atoms with E-state index in [1.807, 2.05) is 43.3 Å². The van der Waals surface area contributed by atoms with Crippen LogP contribution >= 0.6 is 11.6 Å². The van der Waals surface area contributed by atoms with Crippen LogP contribution in [0.4, 0.5) is 11.4 Å². The third-order valence-corrected chi connectivity index (χ3v) is 3.32. The van der Waals surface area contributed by atoms with Gasteiger partial charge in [0.25, 0.3) is 0 Å². The molecule has 1 atom stereocenters. The van der Waals surface area contributed by atoms with Crippen LogP contribution in [0.1, 0.15) is 13.8 Å². The SMILES string of the molecule is CCOc1ccccc1NC(=O)C(C)Nc1ccc(Cl)cc1. The average molecular weight is 319 g/mol. The van der Waals surface area contributed by atoms with E-state index < -0.39 is 6.04 Å². The minimum absolute atomic E-state index is 0.137. The van der Waals surface area contributed by atoms with Crippen molar-refractivity contribution in [3.05, 3.63) is 53.6 Å². The van der Waals surface area contributed by atoms with Crippen LogP contribution in [0.2, 0.25) is 5.02 Å². The van der Waals surface area contributed by atoms with Crippen molar-refractivity contribution < 1.29 is 9.53 Å². The predicted octanol–water partition coefficient (Wildman–Crippen LogP) is 4.18. The number of carbonyl (C=O) groups excluding carboxylic acids is 1. The van der Waals surface area contributed by atoms with Gasteiger partial charge in [-0.25, -0.2) is 0 Å². The number of carbonyl (C=O) groups is 1. The number of halogens is 1. The Balaban J connectivity index is 2.01. The van der Waals surface area contributed by atoms with E-state index in [9.17, 15) is 4.79 Å². The summed E-state index contributed by atoms with van der Waals surface area (Å²) in [5, 5.41) is 6.66. The zero-order valence-electron chi connectivity index (χ0n) is 12.6. The molecule has 0 radical (unpaired) electrons. The molecule has 0 saturated heterocycles. The van der Waals surface area contributed by atoms with E-state index in [-0.39, 0.29) is 5.91 Å². The van der Waals surface area contributed by atoms with E-state index in [1.165, 1.54) is 0 Å². The van der Waals surface area contributed by atoms with E-state index in [1.54, 1.807) is 19.1 Å². The van der Waals surface area contributed by atoms with Gasteiger partial charge in [-0.3, -0.25) is 4.79 Å². The van der Waals surface area contributed by atoms with Crippen molar-refractivity contribution >= 4 is 28.9 Å². The van der Waals surface area contributed by atoms with Crippen molar-refractivity contribution in [3.63, 3.8) is 0 Å². The molecule has 0 aliphatic heterocycles. The summed E-state index contributed by atoms with van der Waals surface area (Å²) < 4.78 is 5.50. The third-order valence-electron chi connectivity index (χ3n) is 3.07. The molecule has 4 nitrogen and oxygen atoms in total. The van der Waals surface area contributed by atoms with Crippen LogP contribution in [-0.4, -0.2) is 18.6 Å². The van der Waals surface area contributed by atoms with Gasteiger partial charge in [-0.2, -0.15) is 0 Å². The molecule has 0 spiro atoms. The number of anilines is 2. The van der Waals surface area contributed by atoms with Gasteiger partial charge in [0.15, 0.2) is 0 Å². The van der Waals surface area contributed by atoms with E-state index in [4.69, 9.17) is 16.3 Å². The molecule has 0 heterocycles. The lowest BCUT2D eigenvalue weighted by Crippen LogP contribution is -2.32. The Hall–Kier alpha value is -2.20. The van der Waals surface area contributed by atoms with Gasteiger partial charge >= 0.3 is 0 Å². The van der Waals surface area contributed by atoms with Crippen molar-refractivity contribution in [2.45, 2.75) is 19.9 Å². The maximum atomic E-state index is 12.3. The molecular formula is C17H19ClN2O2. The summed E-state index contributed by atoms with van der Waals surface area (Å²) in [5.74, 6) is 0.527. The first kappa shape index (κ1) is 16.2. The zero-order chi connectivity index (χ0) is 15.9. The molecule has 2 aromatic carbocycles. The molecule has 0 aliphatic carbocycles. The first-order valence-electron chi connectivity index (χ1n) is 7.15. The topological polar surface area (TPSA) is 50.4 Å². The van der Waals surface area contributed by atoms with E-state index >= 15 is 0 Å². The van der Waals surface area contributed by atoms with Crippen molar-refractivity contribution in [1.82, 2.24) is 0 Å². The molecule has 2 aromatic rings. The summed E-state index contributed by atoms with van der Waals surface area (Å²) in [6.45, 7) is 4.25. The first-order chi connectivity index (χ1) is 10.6. The fourth-order valence-corrected chi connectivity index (χ4v) is 2.08. The molecule has 0 saturated carbocycles. The van der Waals surface area contributed by atoms with Gasteiger partial charge in [0, 0.05) is 10.7 Å². The highest BCUT2D eigenvalue weighted by molar-refractivity contribution is 6.30. The Bertz CT molecular complexity index is 629. The number of hydrogen-bond acceptors (Lipinski definition) is 3. The predicted molar refractivity (Wildman–Crippen MR) is 90.8 cm³/mol. The average Bonchev–Trinajstić information content (AvgIpc) is 2.51. The van der Waals surface area contributed by atoms with E-state index in [0.717, 1.165) is 5.69 Å². The second-order valence-corrected chi connectivity index (χ2v) is 5.23. The van der Waals surface area contributed by atoms with Gasteiger partial charge in [-0.1, -0.05) is 23.7 Å². The van der Waals surface area contributed by atoms with Crippen LogP contribution in [0.25, 0.3) is 0 Å². The van der Waals surface area contributed by atoms with Crippen molar-refractivity contribution in [2.24, 2.45) is 0 Å². The Morgan fingerprint density at radius 1 is 1.18 bits per heavy atom. The molecule has 5 heteroatoms. The number of rotatable bonds is 6. The van der Waals surface area contributed by atoms with Crippen LogP contribution in [-0.2, 0) is 4.79 Å². The van der Waals surface area contributed by atoms with Gasteiger partial charge in [0.2, 0.25) is 5.91 Å². The highest BCUT2D eigenvalue weighted by Gasteiger charge is 2.14. The third kappa shape index (κ3) is 4.40. The Morgan fingerprint density at radius 2 is 1.86 bits per heavy atom. The zero-order valence-corrected chi connectivity index (χ0v) is 13.4. The number of benzene rings is 2. The summed E-state index contributed by atoms with van der Waals surface area (Å²) in [4.78, 5) is 12.3. The molecule has 2 N–H and O–H groups in total. The highest BCUT2D eigenvalue weighted by atomic mass is 35.5. The molecule has 0 bridgehead atoms. The van der Waals surface area contributed by atoms with Crippen LogP contribution in [0.15, 0.2) is 48.5 Å². The number of nitrogens with one attached hydrogen (secondary N) is 2. The summed E-state index contributed by atoms with van der Waals surface area (Å²) >= 11 is 5.84. The van der Waals surface area contributed by atoms with Crippen molar-refractivity contribution in [1.29, 1.82) is 0 Å². The summed E-state index contributed by atoms with van der Waals surface area (Å²) in [6, 6.07) is 14.2. The lowest BCUT2D eigenvalue weighted by Gasteiger charge is -2.17. The summed E-state index contributed by atoms with van der Waals surface area (Å²) in [7, 11) is 0. The number of amides is 1. The van der Waals surface area contributed by atoms with Crippen molar-refractivity contribution in [2.75, 3.05) is 17.2 Å².